The van der Waals surface area contributed by atoms with Crippen molar-refractivity contribution in [1.82, 2.24) is 10.6 Å². The first-order valence-corrected chi connectivity index (χ1v) is 8.12. The number of nitrogens with one attached hydrogen (secondary N) is 2. The monoisotopic (exact) mass is 322 g/mol. The minimum atomic E-state index is -0.458. The van der Waals surface area contributed by atoms with Crippen molar-refractivity contribution in [3.63, 3.8) is 0 Å². The zero-order valence-electron chi connectivity index (χ0n) is 13.1. The molecule has 2 heterocycles. The van der Waals surface area contributed by atoms with E-state index in [4.69, 9.17) is 4.74 Å². The molecule has 0 aromatic heterocycles. The highest BCUT2D eigenvalue weighted by molar-refractivity contribution is 5.82. The maximum absolute atomic E-state index is 13.2. The summed E-state index contributed by atoms with van der Waals surface area (Å²) in [4.78, 5) is 12.3. The van der Waals surface area contributed by atoms with Crippen LogP contribution in [0.25, 0.3) is 0 Å². The van der Waals surface area contributed by atoms with Crippen LogP contribution in [0, 0.1) is 5.82 Å². The average Bonchev–Trinajstić information content (AvgIpc) is 3.01. The van der Waals surface area contributed by atoms with E-state index in [9.17, 15) is 14.3 Å². The summed E-state index contributed by atoms with van der Waals surface area (Å²) >= 11 is 0. The molecule has 1 aromatic carbocycles. The SMILES string of the molecule is O=C(NCC1(c2ccc(F)cc2)CCOCC1)[C@H]1C[C@H](O)CN1. The molecule has 3 N–H and O–H groups in total. The van der Waals surface area contributed by atoms with Gasteiger partial charge in [0.15, 0.2) is 0 Å². The number of benzene rings is 1. The Morgan fingerprint density at radius 2 is 2.04 bits per heavy atom. The Morgan fingerprint density at radius 1 is 1.35 bits per heavy atom. The molecule has 0 saturated carbocycles. The molecule has 23 heavy (non-hydrogen) atoms. The molecule has 0 aliphatic carbocycles. The van der Waals surface area contributed by atoms with Crippen molar-refractivity contribution >= 4 is 5.91 Å². The predicted octanol–water partition coefficient (Wildman–Crippen LogP) is 0.713. The van der Waals surface area contributed by atoms with Gasteiger partial charge in [-0.15, -0.1) is 0 Å². The highest BCUT2D eigenvalue weighted by Crippen LogP contribution is 2.34. The van der Waals surface area contributed by atoms with Crippen molar-refractivity contribution < 1.29 is 19.0 Å². The standard InChI is InChI=1S/C17H23FN2O3/c18-13-3-1-12(2-4-13)17(5-7-23-8-6-17)11-20-16(22)15-9-14(21)10-19-15/h1-4,14-15,19,21H,5-11H2,(H,20,22)/t14-,15+/m0/s1. The lowest BCUT2D eigenvalue weighted by Crippen LogP contribution is -2.48. The van der Waals surface area contributed by atoms with Gasteiger partial charge < -0.3 is 20.5 Å². The molecule has 0 radical (unpaired) electrons. The first kappa shape index (κ1) is 16.4. The van der Waals surface area contributed by atoms with E-state index in [2.05, 4.69) is 10.6 Å². The van der Waals surface area contributed by atoms with Crippen LogP contribution in [0.15, 0.2) is 24.3 Å². The zero-order valence-corrected chi connectivity index (χ0v) is 13.1. The predicted molar refractivity (Wildman–Crippen MR) is 83.6 cm³/mol. The summed E-state index contributed by atoms with van der Waals surface area (Å²) in [6, 6.07) is 6.18. The molecule has 2 aliphatic rings. The third-order valence-corrected chi connectivity index (χ3v) is 4.93. The van der Waals surface area contributed by atoms with Gasteiger partial charge in [-0.05, 0) is 37.0 Å². The minimum absolute atomic E-state index is 0.0884. The number of hydrogen-bond donors (Lipinski definition) is 3. The van der Waals surface area contributed by atoms with Crippen molar-refractivity contribution in [1.29, 1.82) is 0 Å². The lowest BCUT2D eigenvalue weighted by atomic mass is 9.74. The van der Waals surface area contributed by atoms with Crippen molar-refractivity contribution in [2.45, 2.75) is 36.8 Å². The van der Waals surface area contributed by atoms with Crippen molar-refractivity contribution in [2.24, 2.45) is 0 Å². The third kappa shape index (κ3) is 3.71. The van der Waals surface area contributed by atoms with Crippen LogP contribution in [0.4, 0.5) is 4.39 Å². The van der Waals surface area contributed by atoms with E-state index in [1.54, 1.807) is 12.1 Å². The van der Waals surface area contributed by atoms with E-state index in [1.165, 1.54) is 12.1 Å². The van der Waals surface area contributed by atoms with Gasteiger partial charge >= 0.3 is 0 Å². The van der Waals surface area contributed by atoms with Gasteiger partial charge in [0.25, 0.3) is 0 Å². The summed E-state index contributed by atoms with van der Waals surface area (Å²) in [5.41, 5.74) is 0.806. The van der Waals surface area contributed by atoms with Crippen molar-refractivity contribution in [3.8, 4) is 0 Å². The maximum Gasteiger partial charge on any atom is 0.237 e. The summed E-state index contributed by atoms with van der Waals surface area (Å²) in [5, 5.41) is 15.5. The first-order chi connectivity index (χ1) is 11.1. The van der Waals surface area contributed by atoms with Crippen LogP contribution < -0.4 is 10.6 Å². The van der Waals surface area contributed by atoms with Gasteiger partial charge in [0.05, 0.1) is 12.1 Å². The van der Waals surface area contributed by atoms with E-state index in [0.29, 0.717) is 32.7 Å². The second-order valence-corrected chi connectivity index (χ2v) is 6.47. The highest BCUT2D eigenvalue weighted by Gasteiger charge is 2.36. The van der Waals surface area contributed by atoms with E-state index in [0.717, 1.165) is 18.4 Å². The van der Waals surface area contributed by atoms with Gasteiger partial charge in [0.1, 0.15) is 5.82 Å². The average molecular weight is 322 g/mol. The summed E-state index contributed by atoms with van der Waals surface area (Å²) < 4.78 is 18.7. The van der Waals surface area contributed by atoms with Crippen LogP contribution in [0.1, 0.15) is 24.8 Å². The molecule has 3 rings (SSSR count). The molecule has 0 unspecified atom stereocenters. The molecule has 2 saturated heterocycles. The third-order valence-electron chi connectivity index (χ3n) is 4.93. The summed E-state index contributed by atoms with van der Waals surface area (Å²) in [6.45, 7) is 2.21. The fraction of sp³-hybridized carbons (Fsp3) is 0.588. The quantitative estimate of drug-likeness (QED) is 0.764. The molecule has 1 amide bonds. The molecule has 2 atom stereocenters. The lowest BCUT2D eigenvalue weighted by Gasteiger charge is -2.38. The molecule has 0 spiro atoms. The largest absolute Gasteiger partial charge is 0.392 e. The van der Waals surface area contributed by atoms with Crippen LogP contribution >= 0.6 is 0 Å². The number of rotatable bonds is 4. The molecule has 6 heteroatoms. The summed E-state index contributed by atoms with van der Waals surface area (Å²) in [7, 11) is 0. The maximum atomic E-state index is 13.2. The Morgan fingerprint density at radius 3 is 2.65 bits per heavy atom. The van der Waals surface area contributed by atoms with Gasteiger partial charge in [0, 0.05) is 31.7 Å². The molecule has 2 aliphatic heterocycles. The van der Waals surface area contributed by atoms with Crippen molar-refractivity contribution in [3.05, 3.63) is 35.6 Å². The molecule has 1 aromatic rings. The Labute approximate surface area is 135 Å². The zero-order chi connectivity index (χ0) is 16.3. The number of carbonyl (C=O) groups is 1. The molecular formula is C17H23FN2O3. The number of carbonyl (C=O) groups excluding carboxylic acids is 1. The fourth-order valence-corrected chi connectivity index (χ4v) is 3.43. The molecule has 0 bridgehead atoms. The topological polar surface area (TPSA) is 70.6 Å². The minimum Gasteiger partial charge on any atom is -0.392 e. The fourth-order valence-electron chi connectivity index (χ4n) is 3.43. The number of amides is 1. The number of hydrogen-bond acceptors (Lipinski definition) is 4. The number of aliphatic hydroxyl groups is 1. The first-order valence-electron chi connectivity index (χ1n) is 8.12. The lowest BCUT2D eigenvalue weighted by molar-refractivity contribution is -0.123. The summed E-state index contributed by atoms with van der Waals surface area (Å²) in [5.74, 6) is -0.348. The van der Waals surface area contributed by atoms with Crippen LogP contribution in [0.5, 0.6) is 0 Å². The Balaban J connectivity index is 1.69. The molecule has 2 fully saturated rings. The van der Waals surface area contributed by atoms with E-state index < -0.39 is 6.10 Å². The summed E-state index contributed by atoms with van der Waals surface area (Å²) in [6.07, 6.45) is 1.57. The highest BCUT2D eigenvalue weighted by atomic mass is 19.1. The van der Waals surface area contributed by atoms with Crippen molar-refractivity contribution in [2.75, 3.05) is 26.3 Å². The second kappa shape index (κ2) is 6.95. The number of aliphatic hydroxyl groups excluding tert-OH is 1. The Hall–Kier alpha value is -1.50. The van der Waals surface area contributed by atoms with Gasteiger partial charge in [-0.2, -0.15) is 0 Å². The van der Waals surface area contributed by atoms with Gasteiger partial charge in [0.2, 0.25) is 5.91 Å². The Bertz CT molecular complexity index is 543. The Kier molecular flexibility index (Phi) is 4.94. The smallest absolute Gasteiger partial charge is 0.237 e. The van der Waals surface area contributed by atoms with Gasteiger partial charge in [-0.3, -0.25) is 4.79 Å². The normalized spacial score (nSPS) is 26.9. The van der Waals surface area contributed by atoms with E-state index in [-0.39, 0.29) is 23.2 Å². The second-order valence-electron chi connectivity index (χ2n) is 6.47. The number of ether oxygens (including phenoxy) is 1. The number of β-amino-alcohol motifs (C(OH)–C–C–N with tert-alkyl or cyclic N) is 1. The molecule has 126 valence electrons. The van der Waals surface area contributed by atoms with E-state index in [1.807, 2.05) is 0 Å². The van der Waals surface area contributed by atoms with Crippen LogP contribution in [-0.4, -0.2) is 49.5 Å². The van der Waals surface area contributed by atoms with Crippen LogP contribution in [0.2, 0.25) is 0 Å². The number of halogens is 1. The van der Waals surface area contributed by atoms with Gasteiger partial charge in [-0.25, -0.2) is 4.39 Å². The molecule has 5 nitrogen and oxygen atoms in total. The van der Waals surface area contributed by atoms with Crippen LogP contribution in [0.3, 0.4) is 0 Å². The van der Waals surface area contributed by atoms with Gasteiger partial charge in [-0.1, -0.05) is 12.1 Å². The van der Waals surface area contributed by atoms with E-state index >= 15 is 0 Å². The van der Waals surface area contributed by atoms with Crippen LogP contribution in [-0.2, 0) is 14.9 Å². The molecular weight excluding hydrogens is 299 g/mol.